The smallest absolute Gasteiger partial charge is 0.459 e. The molecule has 2 aromatic heterocycles. The molecule has 0 radical (unpaired) electrons. The van der Waals surface area contributed by atoms with Crippen LogP contribution in [0.25, 0.3) is 11.2 Å². The highest BCUT2D eigenvalue weighted by atomic mass is 31.2. The molecule has 3 aromatic rings. The second kappa shape index (κ2) is 11.8. The minimum absolute atomic E-state index is 0.197. The van der Waals surface area contributed by atoms with Crippen LogP contribution < -0.4 is 14.9 Å². The molecule has 0 aliphatic carbocycles. The number of nitrogens with zero attached hydrogens (tertiary/aromatic N) is 4. The number of para-hydroxylation sites is 1. The van der Waals surface area contributed by atoms with Crippen LogP contribution in [0.5, 0.6) is 5.75 Å². The molecule has 0 saturated carbocycles. The Morgan fingerprint density at radius 2 is 1.98 bits per heavy atom. The Bertz CT molecular complexity index is 1390. The second-order valence-corrected chi connectivity index (χ2v) is 11.6. The first-order valence-corrected chi connectivity index (χ1v) is 14.3. The highest BCUT2D eigenvalue weighted by Crippen LogP contribution is 2.48. The number of esters is 1. The van der Waals surface area contributed by atoms with Crippen molar-refractivity contribution in [2.45, 2.75) is 70.9 Å². The predicted molar refractivity (Wildman–Crippen MR) is 143 cm³/mol. The Labute approximate surface area is 231 Å². The standard InChI is InChI=1S/C25H34FN6O7P/c1-14(2)37-24(34)15(3)31-40(35,39-17-10-8-7-9-11-17)36-12-25(5)20(33)18(26)23(38-25)32-13-28-19-21(27-6)29-16(4)30-22(19)32/h7-11,13-15,18,20,23,33H,12H2,1-6H3,(H,31,35)(H,27,29,30)/t15-,18+,20-,23+,25+,40-/m0/s1. The number of benzene rings is 1. The number of carbonyl (C=O) groups is 1. The lowest BCUT2D eigenvalue weighted by atomic mass is 9.99. The van der Waals surface area contributed by atoms with Crippen molar-refractivity contribution in [3.8, 4) is 5.75 Å². The molecule has 4 rings (SSSR count). The quantitative estimate of drug-likeness (QED) is 0.225. The maximum atomic E-state index is 15.5. The molecule has 1 fully saturated rings. The fraction of sp³-hybridized carbons (Fsp3) is 0.520. The van der Waals surface area contributed by atoms with Crippen LogP contribution in [-0.2, 0) is 23.4 Å². The number of hydrogen-bond donors (Lipinski definition) is 3. The first-order valence-electron chi connectivity index (χ1n) is 12.7. The van der Waals surface area contributed by atoms with Gasteiger partial charge < -0.3 is 24.4 Å². The summed E-state index contributed by atoms with van der Waals surface area (Å²) in [5.41, 5.74) is -0.970. The summed E-state index contributed by atoms with van der Waals surface area (Å²) >= 11 is 0. The molecule has 3 N–H and O–H groups in total. The van der Waals surface area contributed by atoms with Crippen LogP contribution in [0.1, 0.15) is 39.7 Å². The summed E-state index contributed by atoms with van der Waals surface area (Å²) in [5, 5.41) is 16.4. The molecule has 1 saturated heterocycles. The third kappa shape index (κ3) is 6.26. The maximum Gasteiger partial charge on any atom is 0.459 e. The zero-order valence-corrected chi connectivity index (χ0v) is 24.0. The fourth-order valence-corrected chi connectivity index (χ4v) is 5.75. The Balaban J connectivity index is 1.57. The van der Waals surface area contributed by atoms with Gasteiger partial charge in [-0.15, -0.1) is 0 Å². The van der Waals surface area contributed by atoms with Gasteiger partial charge in [0.25, 0.3) is 0 Å². The van der Waals surface area contributed by atoms with Crippen molar-refractivity contribution in [3.63, 3.8) is 0 Å². The number of aryl methyl sites for hydroxylation is 1. The van der Waals surface area contributed by atoms with Gasteiger partial charge in [-0.05, 0) is 46.8 Å². The van der Waals surface area contributed by atoms with E-state index in [1.807, 2.05) is 0 Å². The van der Waals surface area contributed by atoms with Gasteiger partial charge in [0.1, 0.15) is 29.3 Å². The number of aromatic nitrogens is 4. The molecule has 0 bridgehead atoms. The largest absolute Gasteiger partial charge is 0.462 e. The third-order valence-electron chi connectivity index (χ3n) is 6.18. The average Bonchev–Trinajstić information content (AvgIpc) is 3.41. The highest BCUT2D eigenvalue weighted by Gasteiger charge is 2.55. The summed E-state index contributed by atoms with van der Waals surface area (Å²) < 4.78 is 53.2. The highest BCUT2D eigenvalue weighted by molar-refractivity contribution is 7.52. The number of halogens is 1. The molecular formula is C25H34FN6O7P. The topological polar surface area (TPSA) is 159 Å². The van der Waals surface area contributed by atoms with Gasteiger partial charge in [-0.1, -0.05) is 18.2 Å². The fourth-order valence-electron chi connectivity index (χ4n) is 4.17. The van der Waals surface area contributed by atoms with Crippen molar-refractivity contribution in [2.75, 3.05) is 19.0 Å². The van der Waals surface area contributed by atoms with E-state index in [-0.39, 0.29) is 5.75 Å². The lowest BCUT2D eigenvalue weighted by molar-refractivity contribution is -0.149. The monoisotopic (exact) mass is 580 g/mol. The Hall–Kier alpha value is -3.16. The van der Waals surface area contributed by atoms with E-state index in [2.05, 4.69) is 25.4 Å². The van der Waals surface area contributed by atoms with Crippen molar-refractivity contribution >= 4 is 30.7 Å². The van der Waals surface area contributed by atoms with Crippen LogP contribution in [0.2, 0.25) is 0 Å². The molecule has 15 heteroatoms. The molecule has 0 amide bonds. The van der Waals surface area contributed by atoms with E-state index < -0.39 is 56.6 Å². The van der Waals surface area contributed by atoms with E-state index in [9.17, 15) is 14.5 Å². The number of ether oxygens (including phenoxy) is 2. The summed E-state index contributed by atoms with van der Waals surface area (Å²) in [6, 6.07) is 7.10. The number of carbonyl (C=O) groups excluding carboxylic acids is 1. The van der Waals surface area contributed by atoms with Gasteiger partial charge in [0, 0.05) is 7.05 Å². The van der Waals surface area contributed by atoms with Crippen molar-refractivity contribution in [2.24, 2.45) is 0 Å². The van der Waals surface area contributed by atoms with Crippen LogP contribution in [0.3, 0.4) is 0 Å². The number of hydrogen-bond acceptors (Lipinski definition) is 11. The molecule has 6 atom stereocenters. The van der Waals surface area contributed by atoms with Crippen molar-refractivity contribution in [3.05, 3.63) is 42.5 Å². The number of anilines is 1. The molecule has 0 unspecified atom stereocenters. The Morgan fingerprint density at radius 3 is 2.62 bits per heavy atom. The predicted octanol–water partition coefficient (Wildman–Crippen LogP) is 3.30. The number of rotatable bonds is 11. The van der Waals surface area contributed by atoms with Crippen molar-refractivity contribution in [1.29, 1.82) is 0 Å². The Morgan fingerprint density at radius 1 is 1.27 bits per heavy atom. The van der Waals surface area contributed by atoms with E-state index in [0.717, 1.165) is 0 Å². The molecule has 0 spiro atoms. The first kappa shape index (κ1) is 29.8. The first-order chi connectivity index (χ1) is 18.9. The van der Waals surface area contributed by atoms with Gasteiger partial charge in [-0.3, -0.25) is 13.9 Å². The molecule has 40 heavy (non-hydrogen) atoms. The van der Waals surface area contributed by atoms with Crippen LogP contribution in [-0.4, -0.2) is 74.3 Å². The summed E-state index contributed by atoms with van der Waals surface area (Å²) in [4.78, 5) is 25.3. The van der Waals surface area contributed by atoms with Crippen molar-refractivity contribution in [1.82, 2.24) is 24.6 Å². The lowest BCUT2D eigenvalue weighted by Gasteiger charge is -2.30. The molecule has 3 heterocycles. The van der Waals surface area contributed by atoms with Gasteiger partial charge in [0.15, 0.2) is 29.4 Å². The lowest BCUT2D eigenvalue weighted by Crippen LogP contribution is -2.44. The SMILES string of the molecule is CNc1nc(C)nc2c1ncn2[C@@H]1O[C@](C)(CO[P@@](=O)(N[C@@H](C)C(=O)OC(C)C)Oc2ccccc2)[C@@H](O)[C@H]1F. The molecule has 1 aliphatic heterocycles. The number of fused-ring (bicyclic) bond motifs is 1. The third-order valence-corrected chi connectivity index (χ3v) is 7.80. The van der Waals surface area contributed by atoms with Gasteiger partial charge in [-0.2, -0.15) is 5.09 Å². The number of aliphatic hydroxyl groups is 1. The summed E-state index contributed by atoms with van der Waals surface area (Å²) in [5.74, 6) is 0.403. The molecule has 218 valence electrons. The van der Waals surface area contributed by atoms with Crippen LogP contribution in [0, 0.1) is 6.92 Å². The number of nitrogens with one attached hydrogen (secondary N) is 2. The van der Waals surface area contributed by atoms with Crippen LogP contribution in [0.4, 0.5) is 10.2 Å². The van der Waals surface area contributed by atoms with E-state index >= 15 is 4.39 Å². The minimum atomic E-state index is -4.28. The summed E-state index contributed by atoms with van der Waals surface area (Å²) in [6.07, 6.45) is -3.97. The van der Waals surface area contributed by atoms with Crippen molar-refractivity contribution < 1.29 is 37.4 Å². The van der Waals surface area contributed by atoms with Crippen LogP contribution >= 0.6 is 7.75 Å². The molecular weight excluding hydrogens is 546 g/mol. The van der Waals surface area contributed by atoms with Gasteiger partial charge in [-0.25, -0.2) is 23.9 Å². The van der Waals surface area contributed by atoms with E-state index in [1.54, 1.807) is 58.2 Å². The minimum Gasteiger partial charge on any atom is -0.462 e. The maximum absolute atomic E-state index is 15.5. The second-order valence-electron chi connectivity index (χ2n) is 9.92. The average molecular weight is 581 g/mol. The summed E-state index contributed by atoms with van der Waals surface area (Å²) in [7, 11) is -2.61. The normalized spacial score (nSPS) is 25.1. The zero-order valence-electron chi connectivity index (χ0n) is 23.1. The van der Waals surface area contributed by atoms with E-state index in [1.165, 1.54) is 24.7 Å². The number of imidazole rings is 1. The van der Waals surface area contributed by atoms with E-state index in [4.69, 9.17) is 18.5 Å². The van der Waals surface area contributed by atoms with Gasteiger partial charge >= 0.3 is 13.7 Å². The van der Waals surface area contributed by atoms with Gasteiger partial charge in [0.05, 0.1) is 19.0 Å². The number of aliphatic hydroxyl groups excluding tert-OH is 1. The zero-order chi connectivity index (χ0) is 29.2. The molecule has 1 aromatic carbocycles. The van der Waals surface area contributed by atoms with Crippen LogP contribution in [0.15, 0.2) is 36.7 Å². The van der Waals surface area contributed by atoms with E-state index in [0.29, 0.717) is 22.8 Å². The Kier molecular flexibility index (Phi) is 8.76. The van der Waals surface area contributed by atoms with Gasteiger partial charge in [0.2, 0.25) is 0 Å². The molecule has 13 nitrogen and oxygen atoms in total. The molecule has 1 aliphatic rings. The number of alkyl halides is 1. The summed E-state index contributed by atoms with van der Waals surface area (Å²) in [6.45, 7) is 7.35.